The summed E-state index contributed by atoms with van der Waals surface area (Å²) >= 11 is 1.10. The molecule has 0 radical (unpaired) electrons. The molecule has 88 valence electrons. The molecule has 3 nitrogen and oxygen atoms in total. The van der Waals surface area contributed by atoms with E-state index >= 15 is 0 Å². The number of halogens is 1. The van der Waals surface area contributed by atoms with Crippen LogP contribution in [0.5, 0.6) is 0 Å². The van der Waals surface area contributed by atoms with Crippen molar-refractivity contribution in [1.29, 1.82) is 0 Å². The van der Waals surface area contributed by atoms with Crippen molar-refractivity contribution in [3.8, 4) is 10.6 Å². The van der Waals surface area contributed by atoms with E-state index < -0.39 is 5.97 Å². The molecule has 0 bridgehead atoms. The second-order valence-electron chi connectivity index (χ2n) is 3.70. The highest BCUT2D eigenvalue weighted by atomic mass is 32.1. The topological polar surface area (TPSA) is 50.2 Å². The predicted molar refractivity (Wildman–Crippen MR) is 63.9 cm³/mol. The van der Waals surface area contributed by atoms with Crippen LogP contribution in [0, 0.1) is 19.7 Å². The Bertz CT molecular complexity index is 592. The van der Waals surface area contributed by atoms with Crippen molar-refractivity contribution in [1.82, 2.24) is 4.98 Å². The zero-order chi connectivity index (χ0) is 12.6. The number of aryl methyl sites for hydroxylation is 2. The molecule has 2 rings (SSSR count). The zero-order valence-corrected chi connectivity index (χ0v) is 10.1. The monoisotopic (exact) mass is 251 g/mol. The summed E-state index contributed by atoms with van der Waals surface area (Å²) in [6, 6.07) is 4.63. The molecular formula is C12H10FNO2S. The standard InChI is InChI=1S/C12H10FNO2S/c1-6-5-8(3-4-9(6)13)11-14-7(2)10(17-11)12(15)16/h3-5H,1-2H3,(H,15,16). The maximum absolute atomic E-state index is 13.1. The fourth-order valence-electron chi connectivity index (χ4n) is 1.50. The summed E-state index contributed by atoms with van der Waals surface area (Å²) in [5.41, 5.74) is 1.75. The van der Waals surface area contributed by atoms with Crippen LogP contribution in [-0.2, 0) is 0 Å². The summed E-state index contributed by atoms with van der Waals surface area (Å²) in [6.07, 6.45) is 0. The Hall–Kier alpha value is -1.75. The van der Waals surface area contributed by atoms with Crippen LogP contribution in [0.15, 0.2) is 18.2 Å². The van der Waals surface area contributed by atoms with Crippen molar-refractivity contribution < 1.29 is 14.3 Å². The van der Waals surface area contributed by atoms with Gasteiger partial charge in [0, 0.05) is 5.56 Å². The zero-order valence-electron chi connectivity index (χ0n) is 9.32. The Labute approximate surface area is 102 Å². The van der Waals surface area contributed by atoms with Crippen LogP contribution in [0.25, 0.3) is 10.6 Å². The summed E-state index contributed by atoms with van der Waals surface area (Å²) in [5, 5.41) is 9.54. The molecule has 2 aromatic rings. The molecule has 1 aromatic heterocycles. The van der Waals surface area contributed by atoms with Crippen molar-refractivity contribution in [2.75, 3.05) is 0 Å². The molecule has 17 heavy (non-hydrogen) atoms. The number of carboxylic acid groups (broad SMARTS) is 1. The van der Waals surface area contributed by atoms with Gasteiger partial charge in [-0.3, -0.25) is 0 Å². The van der Waals surface area contributed by atoms with Gasteiger partial charge in [0.25, 0.3) is 0 Å². The third kappa shape index (κ3) is 2.19. The fourth-order valence-corrected chi connectivity index (χ4v) is 2.40. The molecule has 1 heterocycles. The molecular weight excluding hydrogens is 241 g/mol. The average Bonchev–Trinajstić information content (AvgIpc) is 2.64. The summed E-state index contributed by atoms with van der Waals surface area (Å²) in [4.78, 5) is 15.3. The molecule has 0 atom stereocenters. The minimum absolute atomic E-state index is 0.224. The average molecular weight is 251 g/mol. The van der Waals surface area contributed by atoms with E-state index in [1.807, 2.05) is 0 Å². The first-order chi connectivity index (χ1) is 7.99. The van der Waals surface area contributed by atoms with E-state index in [4.69, 9.17) is 5.11 Å². The smallest absolute Gasteiger partial charge is 0.347 e. The highest BCUT2D eigenvalue weighted by Gasteiger charge is 2.15. The number of rotatable bonds is 2. The maximum atomic E-state index is 13.1. The number of carboxylic acids is 1. The Morgan fingerprint density at radius 2 is 2.12 bits per heavy atom. The van der Waals surface area contributed by atoms with Gasteiger partial charge in [-0.25, -0.2) is 14.2 Å². The lowest BCUT2D eigenvalue weighted by molar-refractivity contribution is 0.0701. The number of nitrogens with zero attached hydrogens (tertiary/aromatic N) is 1. The number of carbonyl (C=O) groups is 1. The van der Waals surface area contributed by atoms with Gasteiger partial charge < -0.3 is 5.11 Å². The number of thiazole rings is 1. The first-order valence-electron chi connectivity index (χ1n) is 4.96. The van der Waals surface area contributed by atoms with Gasteiger partial charge in [0.05, 0.1) is 5.69 Å². The first kappa shape index (κ1) is 11.7. The Kier molecular flexibility index (Phi) is 2.93. The maximum Gasteiger partial charge on any atom is 0.347 e. The number of benzene rings is 1. The quantitative estimate of drug-likeness (QED) is 0.891. The summed E-state index contributed by atoms with van der Waals surface area (Å²) < 4.78 is 13.1. The van der Waals surface area contributed by atoms with Crippen LogP contribution in [-0.4, -0.2) is 16.1 Å². The predicted octanol–water partition coefficient (Wildman–Crippen LogP) is 3.26. The highest BCUT2D eigenvalue weighted by Crippen LogP contribution is 2.28. The molecule has 0 saturated carbocycles. The van der Waals surface area contributed by atoms with Gasteiger partial charge in [-0.2, -0.15) is 0 Å². The molecule has 1 N–H and O–H groups in total. The van der Waals surface area contributed by atoms with Crippen LogP contribution < -0.4 is 0 Å². The largest absolute Gasteiger partial charge is 0.477 e. The van der Waals surface area contributed by atoms with Gasteiger partial charge in [0.15, 0.2) is 0 Å². The fraction of sp³-hybridized carbons (Fsp3) is 0.167. The number of hydrogen-bond donors (Lipinski definition) is 1. The normalized spacial score (nSPS) is 10.5. The molecule has 1 aromatic carbocycles. The van der Waals surface area contributed by atoms with Gasteiger partial charge >= 0.3 is 5.97 Å². The molecule has 0 amide bonds. The second kappa shape index (κ2) is 4.25. The summed E-state index contributed by atoms with van der Waals surface area (Å²) in [5.74, 6) is -1.26. The third-order valence-corrected chi connectivity index (χ3v) is 3.59. The van der Waals surface area contributed by atoms with E-state index in [0.29, 0.717) is 16.3 Å². The Balaban J connectivity index is 2.50. The molecule has 5 heteroatoms. The van der Waals surface area contributed by atoms with Crippen LogP contribution in [0.2, 0.25) is 0 Å². The van der Waals surface area contributed by atoms with Crippen molar-refractivity contribution in [2.24, 2.45) is 0 Å². The van der Waals surface area contributed by atoms with Crippen LogP contribution in [0.1, 0.15) is 20.9 Å². The van der Waals surface area contributed by atoms with Crippen molar-refractivity contribution in [3.05, 3.63) is 40.2 Å². The Morgan fingerprint density at radius 3 is 2.65 bits per heavy atom. The van der Waals surface area contributed by atoms with Crippen molar-refractivity contribution in [3.63, 3.8) is 0 Å². The molecule has 0 saturated heterocycles. The van der Waals surface area contributed by atoms with Gasteiger partial charge in [-0.1, -0.05) is 0 Å². The summed E-state index contributed by atoms with van der Waals surface area (Å²) in [6.45, 7) is 3.32. The van der Waals surface area contributed by atoms with Crippen LogP contribution in [0.3, 0.4) is 0 Å². The van der Waals surface area contributed by atoms with E-state index in [-0.39, 0.29) is 10.7 Å². The lowest BCUT2D eigenvalue weighted by atomic mass is 10.1. The van der Waals surface area contributed by atoms with Gasteiger partial charge in [0.1, 0.15) is 15.7 Å². The van der Waals surface area contributed by atoms with Gasteiger partial charge in [-0.05, 0) is 37.6 Å². The molecule has 0 unspecified atom stereocenters. The minimum atomic E-state index is -0.981. The Morgan fingerprint density at radius 1 is 1.41 bits per heavy atom. The summed E-state index contributed by atoms with van der Waals surface area (Å²) in [7, 11) is 0. The third-order valence-electron chi connectivity index (χ3n) is 2.40. The van der Waals surface area contributed by atoms with E-state index in [2.05, 4.69) is 4.98 Å². The van der Waals surface area contributed by atoms with Crippen molar-refractivity contribution >= 4 is 17.3 Å². The number of aromatic nitrogens is 1. The van der Waals surface area contributed by atoms with Crippen LogP contribution >= 0.6 is 11.3 Å². The lowest BCUT2D eigenvalue weighted by Gasteiger charge is -1.99. The second-order valence-corrected chi connectivity index (χ2v) is 4.70. The minimum Gasteiger partial charge on any atom is -0.477 e. The first-order valence-corrected chi connectivity index (χ1v) is 5.78. The van der Waals surface area contributed by atoms with E-state index in [9.17, 15) is 9.18 Å². The molecule has 0 fully saturated rings. The highest BCUT2D eigenvalue weighted by molar-refractivity contribution is 7.17. The molecule has 0 aliphatic rings. The lowest BCUT2D eigenvalue weighted by Crippen LogP contribution is -1.94. The SMILES string of the molecule is Cc1cc(-c2nc(C)c(C(=O)O)s2)ccc1F. The van der Waals surface area contributed by atoms with E-state index in [1.165, 1.54) is 6.07 Å². The van der Waals surface area contributed by atoms with Gasteiger partial charge in [-0.15, -0.1) is 11.3 Å². The molecule has 0 spiro atoms. The van der Waals surface area contributed by atoms with Crippen molar-refractivity contribution in [2.45, 2.75) is 13.8 Å². The molecule has 0 aliphatic carbocycles. The van der Waals surface area contributed by atoms with Crippen LogP contribution in [0.4, 0.5) is 4.39 Å². The number of aromatic carboxylic acids is 1. The van der Waals surface area contributed by atoms with E-state index in [0.717, 1.165) is 16.9 Å². The van der Waals surface area contributed by atoms with Gasteiger partial charge in [0.2, 0.25) is 0 Å². The number of hydrogen-bond acceptors (Lipinski definition) is 3. The van der Waals surface area contributed by atoms with E-state index in [1.54, 1.807) is 26.0 Å². The molecule has 0 aliphatic heterocycles.